The lowest BCUT2D eigenvalue weighted by Crippen LogP contribution is -2.40. The summed E-state index contributed by atoms with van der Waals surface area (Å²) in [4.78, 5) is 22.5. The molecule has 98 valence electrons. The van der Waals surface area contributed by atoms with Crippen LogP contribution in [0.4, 0.5) is 0 Å². The summed E-state index contributed by atoms with van der Waals surface area (Å²) in [6.07, 6.45) is 3.37. The van der Waals surface area contributed by atoms with E-state index in [2.05, 4.69) is 5.32 Å². The summed E-state index contributed by atoms with van der Waals surface area (Å²) < 4.78 is -0.265. The van der Waals surface area contributed by atoms with E-state index < -0.39 is 5.97 Å². The number of carbonyl (C=O) groups is 2. The van der Waals surface area contributed by atoms with Crippen molar-refractivity contribution in [1.82, 2.24) is 5.32 Å². The quantitative estimate of drug-likeness (QED) is 0.715. The predicted octanol–water partition coefficient (Wildman–Crippen LogP) is 1.89. The van der Waals surface area contributed by atoms with Crippen molar-refractivity contribution in [1.29, 1.82) is 0 Å². The second-order valence-corrected chi connectivity index (χ2v) is 6.42. The largest absolute Gasteiger partial charge is 0.481 e. The molecule has 1 heterocycles. The van der Waals surface area contributed by atoms with Gasteiger partial charge < -0.3 is 10.4 Å². The standard InChI is InChI=1S/C12H21NO3S/c1-9(10(14)15)5-3-7-13-11(16)12(2)6-4-8-17-12/h9H,3-8H2,1-2H3,(H,13,16)(H,14,15). The van der Waals surface area contributed by atoms with Gasteiger partial charge in [-0.25, -0.2) is 0 Å². The fourth-order valence-corrected chi connectivity index (χ4v) is 3.11. The molecule has 1 saturated heterocycles. The molecule has 0 aromatic carbocycles. The molecule has 0 radical (unpaired) electrons. The Morgan fingerprint density at radius 2 is 2.24 bits per heavy atom. The average molecular weight is 259 g/mol. The molecule has 5 heteroatoms. The second-order valence-electron chi connectivity index (χ2n) is 4.82. The lowest BCUT2D eigenvalue weighted by atomic mass is 10.0. The molecule has 1 fully saturated rings. The SMILES string of the molecule is CC(CCCNC(=O)C1(C)CCCS1)C(=O)O. The molecule has 0 aromatic heterocycles. The first kappa shape index (κ1) is 14.4. The molecule has 1 amide bonds. The highest BCUT2D eigenvalue weighted by atomic mass is 32.2. The molecule has 2 unspecified atom stereocenters. The molecule has 0 bridgehead atoms. The van der Waals surface area contributed by atoms with Crippen LogP contribution < -0.4 is 5.32 Å². The zero-order chi connectivity index (χ0) is 12.9. The van der Waals surface area contributed by atoms with Gasteiger partial charge in [-0.1, -0.05) is 6.92 Å². The van der Waals surface area contributed by atoms with Crippen LogP contribution in [0.25, 0.3) is 0 Å². The van der Waals surface area contributed by atoms with Gasteiger partial charge in [-0.2, -0.15) is 0 Å². The third-order valence-corrected chi connectivity index (χ3v) is 4.74. The molecule has 0 aliphatic carbocycles. The van der Waals surface area contributed by atoms with E-state index in [1.807, 2.05) is 6.92 Å². The molecule has 2 atom stereocenters. The summed E-state index contributed by atoms with van der Waals surface area (Å²) in [5.74, 6) is 0.0564. The Morgan fingerprint density at radius 1 is 1.53 bits per heavy atom. The molecular weight excluding hydrogens is 238 g/mol. The topological polar surface area (TPSA) is 66.4 Å². The molecule has 0 aromatic rings. The maximum atomic E-state index is 11.9. The Balaban J connectivity index is 2.18. The predicted molar refractivity (Wildman–Crippen MR) is 69.1 cm³/mol. The van der Waals surface area contributed by atoms with Gasteiger partial charge in [-0.3, -0.25) is 9.59 Å². The summed E-state index contributed by atoms with van der Waals surface area (Å²) >= 11 is 1.72. The number of nitrogens with one attached hydrogen (secondary N) is 1. The van der Waals surface area contributed by atoms with Gasteiger partial charge in [0.1, 0.15) is 0 Å². The van der Waals surface area contributed by atoms with Gasteiger partial charge in [0.15, 0.2) is 0 Å². The third-order valence-electron chi connectivity index (χ3n) is 3.22. The van der Waals surface area contributed by atoms with Gasteiger partial charge in [0, 0.05) is 6.54 Å². The molecule has 2 N–H and O–H groups in total. The average Bonchev–Trinajstić information content (AvgIpc) is 2.72. The molecule has 1 rings (SSSR count). The van der Waals surface area contributed by atoms with Gasteiger partial charge >= 0.3 is 5.97 Å². The van der Waals surface area contributed by atoms with Crippen LogP contribution in [0.15, 0.2) is 0 Å². The lowest BCUT2D eigenvalue weighted by molar-refractivity contribution is -0.141. The number of carbonyl (C=O) groups excluding carboxylic acids is 1. The van der Waals surface area contributed by atoms with E-state index in [9.17, 15) is 9.59 Å². The molecule has 1 aliphatic rings. The van der Waals surface area contributed by atoms with Crippen molar-refractivity contribution >= 4 is 23.6 Å². The zero-order valence-corrected chi connectivity index (χ0v) is 11.3. The minimum absolute atomic E-state index is 0.1000. The minimum atomic E-state index is -0.769. The molecule has 4 nitrogen and oxygen atoms in total. The van der Waals surface area contributed by atoms with Crippen LogP contribution in [-0.2, 0) is 9.59 Å². The molecule has 0 spiro atoms. The summed E-state index contributed by atoms with van der Waals surface area (Å²) in [6.45, 7) is 4.25. The van der Waals surface area contributed by atoms with Crippen molar-refractivity contribution in [2.45, 2.75) is 44.3 Å². The Morgan fingerprint density at radius 3 is 2.76 bits per heavy atom. The van der Waals surface area contributed by atoms with Gasteiger partial charge in [-0.15, -0.1) is 11.8 Å². The molecular formula is C12H21NO3S. The number of carboxylic acids is 1. The highest BCUT2D eigenvalue weighted by molar-refractivity contribution is 8.01. The van der Waals surface area contributed by atoms with Crippen LogP contribution in [0.2, 0.25) is 0 Å². The van der Waals surface area contributed by atoms with Crippen molar-refractivity contribution < 1.29 is 14.7 Å². The van der Waals surface area contributed by atoms with Crippen LogP contribution in [0.5, 0.6) is 0 Å². The van der Waals surface area contributed by atoms with E-state index >= 15 is 0 Å². The maximum absolute atomic E-state index is 11.9. The summed E-state index contributed by atoms with van der Waals surface area (Å²) in [5, 5.41) is 11.6. The number of rotatable bonds is 6. The van der Waals surface area contributed by atoms with Gasteiger partial charge in [0.2, 0.25) is 5.91 Å². The maximum Gasteiger partial charge on any atom is 0.306 e. The third kappa shape index (κ3) is 4.22. The minimum Gasteiger partial charge on any atom is -0.481 e. The fraction of sp³-hybridized carbons (Fsp3) is 0.833. The first-order valence-electron chi connectivity index (χ1n) is 6.11. The highest BCUT2D eigenvalue weighted by Gasteiger charge is 2.36. The monoisotopic (exact) mass is 259 g/mol. The van der Waals surface area contributed by atoms with E-state index in [0.717, 1.165) is 25.0 Å². The Bertz CT molecular complexity index is 287. The van der Waals surface area contributed by atoms with Crippen LogP contribution in [0.3, 0.4) is 0 Å². The van der Waals surface area contributed by atoms with E-state index in [1.54, 1.807) is 18.7 Å². The zero-order valence-electron chi connectivity index (χ0n) is 10.5. The van der Waals surface area contributed by atoms with Crippen molar-refractivity contribution in [3.05, 3.63) is 0 Å². The summed E-state index contributed by atoms with van der Waals surface area (Å²) in [7, 11) is 0. The van der Waals surface area contributed by atoms with Gasteiger partial charge in [0.05, 0.1) is 10.7 Å². The van der Waals surface area contributed by atoms with Crippen molar-refractivity contribution in [2.75, 3.05) is 12.3 Å². The fourth-order valence-electron chi connectivity index (χ4n) is 1.88. The first-order chi connectivity index (χ1) is 7.96. The van der Waals surface area contributed by atoms with Crippen LogP contribution in [0.1, 0.15) is 39.5 Å². The second kappa shape index (κ2) is 6.28. The number of hydrogen-bond acceptors (Lipinski definition) is 3. The van der Waals surface area contributed by atoms with Crippen LogP contribution >= 0.6 is 11.8 Å². The number of thioether (sulfide) groups is 1. The van der Waals surface area contributed by atoms with Gasteiger partial charge in [-0.05, 0) is 38.4 Å². The van der Waals surface area contributed by atoms with Crippen LogP contribution in [0, 0.1) is 5.92 Å². The normalized spacial score (nSPS) is 25.5. The van der Waals surface area contributed by atoms with Gasteiger partial charge in [0.25, 0.3) is 0 Å². The number of carboxylic acid groups (broad SMARTS) is 1. The van der Waals surface area contributed by atoms with E-state index in [0.29, 0.717) is 13.0 Å². The number of amides is 1. The Labute approximate surface area is 107 Å². The van der Waals surface area contributed by atoms with Crippen molar-refractivity contribution in [3.8, 4) is 0 Å². The van der Waals surface area contributed by atoms with Crippen molar-refractivity contribution in [3.63, 3.8) is 0 Å². The van der Waals surface area contributed by atoms with Crippen LogP contribution in [-0.4, -0.2) is 34.0 Å². The lowest BCUT2D eigenvalue weighted by Gasteiger charge is -2.21. The van der Waals surface area contributed by atoms with Crippen molar-refractivity contribution in [2.24, 2.45) is 5.92 Å². The van der Waals surface area contributed by atoms with E-state index in [1.165, 1.54) is 0 Å². The summed E-state index contributed by atoms with van der Waals surface area (Å²) in [6, 6.07) is 0. The number of aliphatic carboxylic acids is 1. The smallest absolute Gasteiger partial charge is 0.306 e. The van der Waals surface area contributed by atoms with E-state index in [4.69, 9.17) is 5.11 Å². The molecule has 0 saturated carbocycles. The molecule has 17 heavy (non-hydrogen) atoms. The highest BCUT2D eigenvalue weighted by Crippen LogP contribution is 2.37. The Hall–Kier alpha value is -0.710. The Kier molecular flexibility index (Phi) is 5.31. The summed E-state index contributed by atoms with van der Waals surface area (Å²) in [5.41, 5.74) is 0. The van der Waals surface area contributed by atoms with E-state index in [-0.39, 0.29) is 16.6 Å². The first-order valence-corrected chi connectivity index (χ1v) is 7.09. The number of hydrogen-bond donors (Lipinski definition) is 2. The molecule has 1 aliphatic heterocycles.